The molecular weight excluding hydrogens is 230 g/mol. The minimum atomic E-state index is 0.827. The van der Waals surface area contributed by atoms with Gasteiger partial charge in [-0.15, -0.1) is 0 Å². The molecule has 0 saturated heterocycles. The van der Waals surface area contributed by atoms with Gasteiger partial charge in [0, 0.05) is 13.1 Å². The molecule has 0 aromatic carbocycles. The molecule has 0 bridgehead atoms. The van der Waals surface area contributed by atoms with E-state index < -0.39 is 0 Å². The average Bonchev–Trinajstić information content (AvgIpc) is 2.87. The Hall–Kier alpha value is -1.55. The normalized spacial score (nSPS) is 10.2. The summed E-state index contributed by atoms with van der Waals surface area (Å²) in [4.78, 5) is 4.49. The third-order valence-corrected chi connectivity index (χ3v) is 3.09. The van der Waals surface area contributed by atoms with E-state index in [0.29, 0.717) is 0 Å². The lowest BCUT2D eigenvalue weighted by Gasteiger charge is -2.07. The third kappa shape index (κ3) is 3.75. The highest BCUT2D eigenvalue weighted by Gasteiger charge is 1.97. The lowest BCUT2D eigenvalue weighted by atomic mass is 10.3. The zero-order valence-corrected chi connectivity index (χ0v) is 10.8. The van der Waals surface area contributed by atoms with Crippen molar-refractivity contribution in [2.45, 2.75) is 19.9 Å². The summed E-state index contributed by atoms with van der Waals surface area (Å²) in [6.45, 7) is 3.93. The monoisotopic (exact) mass is 247 g/mol. The first-order chi connectivity index (χ1) is 8.38. The molecule has 0 aliphatic carbocycles. The first kappa shape index (κ1) is 11.9. The molecule has 4 heteroatoms. The average molecular weight is 247 g/mol. The Kier molecular flexibility index (Phi) is 4.38. The van der Waals surface area contributed by atoms with Crippen LogP contribution in [-0.2, 0) is 6.54 Å². The Morgan fingerprint density at radius 3 is 2.71 bits per heavy atom. The molecule has 0 aliphatic heterocycles. The predicted molar refractivity (Wildman–Crippen MR) is 74.7 cm³/mol. The third-order valence-electron chi connectivity index (χ3n) is 2.36. The number of hydrogen-bond donors (Lipinski definition) is 2. The minimum Gasteiger partial charge on any atom is -0.370 e. The summed E-state index contributed by atoms with van der Waals surface area (Å²) in [5, 5.41) is 10.8. The van der Waals surface area contributed by atoms with Crippen LogP contribution < -0.4 is 10.6 Å². The van der Waals surface area contributed by atoms with Gasteiger partial charge in [-0.2, -0.15) is 11.3 Å². The molecule has 3 nitrogen and oxygen atoms in total. The van der Waals surface area contributed by atoms with Crippen LogP contribution >= 0.6 is 11.3 Å². The van der Waals surface area contributed by atoms with Crippen molar-refractivity contribution < 1.29 is 0 Å². The van der Waals surface area contributed by atoms with Gasteiger partial charge in [-0.3, -0.25) is 0 Å². The van der Waals surface area contributed by atoms with Crippen molar-refractivity contribution in [1.82, 2.24) is 4.98 Å². The van der Waals surface area contributed by atoms with Crippen LogP contribution in [0.4, 0.5) is 11.6 Å². The van der Waals surface area contributed by atoms with E-state index in [4.69, 9.17) is 0 Å². The van der Waals surface area contributed by atoms with Crippen molar-refractivity contribution in [2.24, 2.45) is 0 Å². The van der Waals surface area contributed by atoms with Gasteiger partial charge >= 0.3 is 0 Å². The van der Waals surface area contributed by atoms with E-state index >= 15 is 0 Å². The van der Waals surface area contributed by atoms with E-state index in [9.17, 15) is 0 Å². The minimum absolute atomic E-state index is 0.827. The number of thiophene rings is 1. The van der Waals surface area contributed by atoms with E-state index in [2.05, 4.69) is 39.4 Å². The molecule has 0 aliphatic rings. The summed E-state index contributed by atoms with van der Waals surface area (Å²) in [5.74, 6) is 1.85. The lowest BCUT2D eigenvalue weighted by molar-refractivity contribution is 0.968. The standard InChI is InChI=1S/C13H17N3S/c1-2-7-14-12-4-3-5-13(16-12)15-9-11-6-8-17-10-11/h3-6,8,10H,2,7,9H2,1H3,(H2,14,15,16). The molecule has 2 aromatic rings. The van der Waals surface area contributed by atoms with E-state index in [1.54, 1.807) is 11.3 Å². The molecule has 17 heavy (non-hydrogen) atoms. The van der Waals surface area contributed by atoms with Crippen LogP contribution in [0.2, 0.25) is 0 Å². The fourth-order valence-corrected chi connectivity index (χ4v) is 2.14. The highest BCUT2D eigenvalue weighted by molar-refractivity contribution is 7.07. The number of nitrogens with zero attached hydrogens (tertiary/aromatic N) is 1. The molecule has 0 unspecified atom stereocenters. The fourth-order valence-electron chi connectivity index (χ4n) is 1.47. The predicted octanol–water partition coefficient (Wildman–Crippen LogP) is 3.58. The van der Waals surface area contributed by atoms with E-state index in [1.165, 1.54) is 5.56 Å². The van der Waals surface area contributed by atoms with Gasteiger partial charge in [-0.1, -0.05) is 13.0 Å². The van der Waals surface area contributed by atoms with Crippen molar-refractivity contribution in [2.75, 3.05) is 17.2 Å². The molecule has 90 valence electrons. The molecule has 0 fully saturated rings. The quantitative estimate of drug-likeness (QED) is 0.819. The summed E-state index contributed by atoms with van der Waals surface area (Å²) in [5.41, 5.74) is 1.30. The number of rotatable bonds is 6. The zero-order chi connectivity index (χ0) is 11.9. The van der Waals surface area contributed by atoms with E-state index in [1.807, 2.05) is 18.2 Å². The summed E-state index contributed by atoms with van der Waals surface area (Å²) >= 11 is 1.72. The summed E-state index contributed by atoms with van der Waals surface area (Å²) in [6.07, 6.45) is 1.11. The van der Waals surface area contributed by atoms with Gasteiger partial charge in [0.25, 0.3) is 0 Å². The summed E-state index contributed by atoms with van der Waals surface area (Å²) < 4.78 is 0. The Morgan fingerprint density at radius 1 is 1.18 bits per heavy atom. The van der Waals surface area contributed by atoms with Crippen molar-refractivity contribution >= 4 is 23.0 Å². The molecular formula is C13H17N3S. The maximum atomic E-state index is 4.49. The van der Waals surface area contributed by atoms with E-state index in [0.717, 1.165) is 31.1 Å². The summed E-state index contributed by atoms with van der Waals surface area (Å²) in [6, 6.07) is 8.12. The van der Waals surface area contributed by atoms with Crippen LogP contribution in [0.15, 0.2) is 35.0 Å². The van der Waals surface area contributed by atoms with Gasteiger partial charge in [-0.25, -0.2) is 4.98 Å². The van der Waals surface area contributed by atoms with Crippen LogP contribution in [0.1, 0.15) is 18.9 Å². The van der Waals surface area contributed by atoms with Gasteiger partial charge in [0.1, 0.15) is 11.6 Å². The maximum Gasteiger partial charge on any atom is 0.128 e. The first-order valence-electron chi connectivity index (χ1n) is 5.84. The molecule has 2 aromatic heterocycles. The van der Waals surface area contributed by atoms with Crippen molar-refractivity contribution in [3.63, 3.8) is 0 Å². The highest BCUT2D eigenvalue weighted by Crippen LogP contribution is 2.12. The lowest BCUT2D eigenvalue weighted by Crippen LogP contribution is -2.05. The van der Waals surface area contributed by atoms with Gasteiger partial charge in [0.05, 0.1) is 0 Å². The second-order valence-electron chi connectivity index (χ2n) is 3.82. The molecule has 0 spiro atoms. The number of hydrogen-bond acceptors (Lipinski definition) is 4. The molecule has 0 radical (unpaired) electrons. The van der Waals surface area contributed by atoms with Crippen molar-refractivity contribution in [1.29, 1.82) is 0 Å². The fraction of sp³-hybridized carbons (Fsp3) is 0.308. The second kappa shape index (κ2) is 6.25. The van der Waals surface area contributed by atoms with Crippen LogP contribution in [0.25, 0.3) is 0 Å². The van der Waals surface area contributed by atoms with Gasteiger partial charge < -0.3 is 10.6 Å². The Labute approximate surface area is 106 Å². The molecule has 0 amide bonds. The highest BCUT2D eigenvalue weighted by atomic mass is 32.1. The van der Waals surface area contributed by atoms with Crippen LogP contribution in [0, 0.1) is 0 Å². The second-order valence-corrected chi connectivity index (χ2v) is 4.60. The van der Waals surface area contributed by atoms with Crippen LogP contribution in [0.3, 0.4) is 0 Å². The smallest absolute Gasteiger partial charge is 0.128 e. The Balaban J connectivity index is 1.91. The SMILES string of the molecule is CCCNc1cccc(NCc2ccsc2)n1. The van der Waals surface area contributed by atoms with Crippen molar-refractivity contribution in [3.05, 3.63) is 40.6 Å². The largest absolute Gasteiger partial charge is 0.370 e. The van der Waals surface area contributed by atoms with Crippen molar-refractivity contribution in [3.8, 4) is 0 Å². The molecule has 2 rings (SSSR count). The molecule has 2 heterocycles. The number of anilines is 2. The maximum absolute atomic E-state index is 4.49. The van der Waals surface area contributed by atoms with Gasteiger partial charge in [-0.05, 0) is 40.9 Å². The first-order valence-corrected chi connectivity index (χ1v) is 6.78. The van der Waals surface area contributed by atoms with Crippen LogP contribution in [0.5, 0.6) is 0 Å². The number of pyridine rings is 1. The molecule has 0 atom stereocenters. The number of aromatic nitrogens is 1. The van der Waals surface area contributed by atoms with Crippen LogP contribution in [-0.4, -0.2) is 11.5 Å². The Morgan fingerprint density at radius 2 is 2.00 bits per heavy atom. The van der Waals surface area contributed by atoms with Gasteiger partial charge in [0.15, 0.2) is 0 Å². The molecule has 0 saturated carbocycles. The number of nitrogens with one attached hydrogen (secondary N) is 2. The topological polar surface area (TPSA) is 37.0 Å². The Bertz CT molecular complexity index is 440. The molecule has 2 N–H and O–H groups in total. The summed E-state index contributed by atoms with van der Waals surface area (Å²) in [7, 11) is 0. The van der Waals surface area contributed by atoms with E-state index in [-0.39, 0.29) is 0 Å². The zero-order valence-electron chi connectivity index (χ0n) is 9.94. The van der Waals surface area contributed by atoms with Gasteiger partial charge in [0.2, 0.25) is 0 Å².